The van der Waals surface area contributed by atoms with Gasteiger partial charge in [0.2, 0.25) is 15.9 Å². The summed E-state index contributed by atoms with van der Waals surface area (Å²) in [6.07, 6.45) is 2.87. The largest absolute Gasteiger partial charge is 0.409 e. The maximum atomic E-state index is 13.0. The second-order valence-electron chi connectivity index (χ2n) is 7.76. The molecule has 0 radical (unpaired) electrons. The Hall–Kier alpha value is -1.85. The van der Waals surface area contributed by atoms with Crippen LogP contribution in [0.4, 0.5) is 0 Å². The molecule has 0 saturated carbocycles. The minimum atomic E-state index is -3.53. The standard InChI is InChI=1S/C21H26N4O3S3/c1-16(19-10-7-13-30-19)23(2)15-25-21(29)28-20(22-25)17-8-6-9-18(14-17)31(26,27)24-11-4-3-5-12-24/h6-10,13-14,16H,3-5,11-12,15H2,1-2H3. The number of piperidine rings is 1. The van der Waals surface area contributed by atoms with E-state index in [1.807, 2.05) is 13.1 Å². The van der Waals surface area contributed by atoms with Crippen molar-refractivity contribution in [2.24, 2.45) is 0 Å². The zero-order chi connectivity index (χ0) is 22.0. The third kappa shape index (κ3) is 4.83. The molecule has 1 atom stereocenters. The van der Waals surface area contributed by atoms with E-state index in [0.29, 0.717) is 31.2 Å². The normalized spacial score (nSPS) is 16.6. The highest BCUT2D eigenvalue weighted by molar-refractivity contribution is 7.89. The molecule has 1 aliphatic heterocycles. The van der Waals surface area contributed by atoms with Gasteiger partial charge in [0.25, 0.3) is 4.84 Å². The summed E-state index contributed by atoms with van der Waals surface area (Å²) < 4.78 is 34.9. The zero-order valence-corrected chi connectivity index (χ0v) is 20.0. The Morgan fingerprint density at radius 1 is 1.23 bits per heavy atom. The van der Waals surface area contributed by atoms with E-state index in [-0.39, 0.29) is 15.8 Å². The summed E-state index contributed by atoms with van der Waals surface area (Å²) >= 11 is 7.08. The van der Waals surface area contributed by atoms with Crippen LogP contribution >= 0.6 is 23.6 Å². The lowest BCUT2D eigenvalue weighted by atomic mass is 10.2. The predicted molar refractivity (Wildman–Crippen MR) is 124 cm³/mol. The van der Waals surface area contributed by atoms with Crippen molar-refractivity contribution in [3.8, 4) is 11.5 Å². The van der Waals surface area contributed by atoms with Gasteiger partial charge in [-0.15, -0.1) is 16.4 Å². The summed E-state index contributed by atoms with van der Waals surface area (Å²) in [6.45, 7) is 3.73. The molecule has 0 spiro atoms. The summed E-state index contributed by atoms with van der Waals surface area (Å²) in [5.74, 6) is 0.317. The first-order chi connectivity index (χ1) is 14.9. The maximum Gasteiger partial charge on any atom is 0.288 e. The van der Waals surface area contributed by atoms with Gasteiger partial charge in [0.15, 0.2) is 0 Å². The highest BCUT2D eigenvalue weighted by Crippen LogP contribution is 2.27. The molecule has 166 valence electrons. The molecule has 10 heteroatoms. The van der Waals surface area contributed by atoms with Crippen LogP contribution in [0.3, 0.4) is 0 Å². The number of hydrogen-bond donors (Lipinski definition) is 0. The number of benzene rings is 1. The smallest absolute Gasteiger partial charge is 0.288 e. The Morgan fingerprint density at radius 2 is 2.00 bits per heavy atom. The quantitative estimate of drug-likeness (QED) is 0.456. The second kappa shape index (κ2) is 9.33. The van der Waals surface area contributed by atoms with Crippen molar-refractivity contribution >= 4 is 33.6 Å². The molecule has 0 bridgehead atoms. The Balaban J connectivity index is 1.56. The van der Waals surface area contributed by atoms with Gasteiger partial charge in [-0.2, -0.15) is 4.31 Å². The summed E-state index contributed by atoms with van der Waals surface area (Å²) in [5, 5.41) is 6.58. The molecular weight excluding hydrogens is 452 g/mol. The predicted octanol–water partition coefficient (Wildman–Crippen LogP) is 4.76. The lowest BCUT2D eigenvalue weighted by Crippen LogP contribution is -2.35. The molecular formula is C21H26N4O3S3. The lowest BCUT2D eigenvalue weighted by molar-refractivity contribution is 0.195. The molecule has 31 heavy (non-hydrogen) atoms. The Morgan fingerprint density at radius 3 is 2.71 bits per heavy atom. The van der Waals surface area contributed by atoms with Crippen molar-refractivity contribution in [1.82, 2.24) is 19.0 Å². The van der Waals surface area contributed by atoms with Crippen LogP contribution in [0.1, 0.15) is 37.1 Å². The Bertz CT molecular complexity index is 1180. The van der Waals surface area contributed by atoms with Crippen molar-refractivity contribution < 1.29 is 12.8 Å². The van der Waals surface area contributed by atoms with E-state index in [2.05, 4.69) is 28.4 Å². The fourth-order valence-corrected chi connectivity index (χ4v) is 6.23. The van der Waals surface area contributed by atoms with E-state index in [1.54, 1.807) is 44.6 Å². The van der Waals surface area contributed by atoms with E-state index in [1.165, 1.54) is 4.88 Å². The van der Waals surface area contributed by atoms with Crippen LogP contribution in [0.2, 0.25) is 0 Å². The highest BCUT2D eigenvalue weighted by Gasteiger charge is 2.26. The minimum absolute atomic E-state index is 0.208. The molecule has 1 fully saturated rings. The van der Waals surface area contributed by atoms with Gasteiger partial charge in [0.1, 0.15) is 0 Å². The Kier molecular flexibility index (Phi) is 6.73. The molecule has 1 unspecified atom stereocenters. The average molecular weight is 479 g/mol. The van der Waals surface area contributed by atoms with E-state index in [4.69, 9.17) is 16.6 Å². The number of sulfonamides is 1. The number of aromatic nitrogens is 2. The van der Waals surface area contributed by atoms with E-state index in [9.17, 15) is 8.42 Å². The second-order valence-corrected chi connectivity index (χ2v) is 11.0. The van der Waals surface area contributed by atoms with Crippen LogP contribution in [-0.2, 0) is 16.7 Å². The van der Waals surface area contributed by atoms with Gasteiger partial charge in [-0.1, -0.05) is 18.6 Å². The molecule has 0 N–H and O–H groups in total. The average Bonchev–Trinajstić information content (AvgIpc) is 3.44. The summed E-state index contributed by atoms with van der Waals surface area (Å²) in [6, 6.07) is 11.1. The molecule has 3 aromatic rings. The molecule has 2 aromatic heterocycles. The van der Waals surface area contributed by atoms with Crippen LogP contribution in [-0.4, -0.2) is 47.5 Å². The summed E-state index contributed by atoms with van der Waals surface area (Å²) in [5.41, 5.74) is 0.594. The minimum Gasteiger partial charge on any atom is -0.409 e. The number of nitrogens with zero attached hydrogens (tertiary/aromatic N) is 4. The number of rotatable bonds is 7. The van der Waals surface area contributed by atoms with Crippen LogP contribution < -0.4 is 0 Å². The third-order valence-corrected chi connectivity index (χ3v) is 8.84. The maximum absolute atomic E-state index is 13.0. The van der Waals surface area contributed by atoms with Crippen LogP contribution in [0, 0.1) is 4.84 Å². The van der Waals surface area contributed by atoms with Crippen molar-refractivity contribution in [2.45, 2.75) is 43.8 Å². The van der Waals surface area contributed by atoms with Gasteiger partial charge in [0, 0.05) is 29.6 Å². The molecule has 3 heterocycles. The van der Waals surface area contributed by atoms with E-state index < -0.39 is 10.0 Å². The monoisotopic (exact) mass is 478 g/mol. The van der Waals surface area contributed by atoms with E-state index >= 15 is 0 Å². The van der Waals surface area contributed by atoms with Crippen molar-refractivity contribution in [2.75, 3.05) is 20.1 Å². The SMILES string of the molecule is CC(c1cccs1)N(C)Cn1nc(-c2cccc(S(=O)(=O)N3CCCCC3)c2)oc1=S. The zero-order valence-electron chi connectivity index (χ0n) is 17.6. The fraction of sp³-hybridized carbons (Fsp3) is 0.429. The van der Waals surface area contributed by atoms with Gasteiger partial charge in [0.05, 0.1) is 11.6 Å². The fourth-order valence-electron chi connectivity index (χ4n) is 3.64. The van der Waals surface area contributed by atoms with Gasteiger partial charge in [-0.25, -0.2) is 13.1 Å². The Labute approximate surface area is 192 Å². The molecule has 1 aliphatic rings. The van der Waals surface area contributed by atoms with Gasteiger partial charge in [-0.05, 0) is 68.7 Å². The van der Waals surface area contributed by atoms with Crippen LogP contribution in [0.15, 0.2) is 51.1 Å². The van der Waals surface area contributed by atoms with Gasteiger partial charge < -0.3 is 4.42 Å². The molecule has 7 nitrogen and oxygen atoms in total. The summed E-state index contributed by atoms with van der Waals surface area (Å²) in [7, 11) is -1.52. The van der Waals surface area contributed by atoms with E-state index in [0.717, 1.165) is 19.3 Å². The number of hydrogen-bond acceptors (Lipinski definition) is 7. The number of thiophene rings is 1. The van der Waals surface area contributed by atoms with Gasteiger partial charge >= 0.3 is 0 Å². The van der Waals surface area contributed by atoms with Crippen LogP contribution in [0.5, 0.6) is 0 Å². The van der Waals surface area contributed by atoms with Crippen LogP contribution in [0.25, 0.3) is 11.5 Å². The highest BCUT2D eigenvalue weighted by atomic mass is 32.2. The van der Waals surface area contributed by atoms with Crippen molar-refractivity contribution in [3.05, 3.63) is 51.5 Å². The first-order valence-electron chi connectivity index (χ1n) is 10.3. The lowest BCUT2D eigenvalue weighted by Gasteiger charge is -2.25. The molecule has 1 saturated heterocycles. The molecule has 4 rings (SSSR count). The molecule has 0 amide bonds. The first kappa shape index (κ1) is 22.3. The van der Waals surface area contributed by atoms with Crippen molar-refractivity contribution in [3.63, 3.8) is 0 Å². The van der Waals surface area contributed by atoms with Gasteiger partial charge in [-0.3, -0.25) is 4.90 Å². The first-order valence-corrected chi connectivity index (χ1v) is 13.0. The third-order valence-electron chi connectivity index (χ3n) is 5.61. The summed E-state index contributed by atoms with van der Waals surface area (Å²) in [4.78, 5) is 3.90. The van der Waals surface area contributed by atoms with Crippen molar-refractivity contribution in [1.29, 1.82) is 0 Å². The topological polar surface area (TPSA) is 71.6 Å². The molecule has 0 aliphatic carbocycles. The molecule has 1 aromatic carbocycles.